The van der Waals surface area contributed by atoms with E-state index in [4.69, 9.17) is 11.6 Å². The molecule has 17 heavy (non-hydrogen) atoms. The molecular weight excluding hydrogens is 236 g/mol. The van der Waals surface area contributed by atoms with Gasteiger partial charge >= 0.3 is 0 Å². The molecule has 1 unspecified atom stereocenters. The van der Waals surface area contributed by atoms with Crippen molar-refractivity contribution in [2.75, 3.05) is 7.05 Å². The van der Waals surface area contributed by atoms with Gasteiger partial charge in [0, 0.05) is 28.9 Å². The Labute approximate surface area is 106 Å². The first-order valence-corrected chi connectivity index (χ1v) is 5.85. The number of hydrogen-bond acceptors (Lipinski definition) is 2. The Kier molecular flexibility index (Phi) is 3.11. The Hall–Kier alpha value is -1.48. The second kappa shape index (κ2) is 4.41. The summed E-state index contributed by atoms with van der Waals surface area (Å²) < 4.78 is 0. The molecule has 3 nitrogen and oxygen atoms in total. The second-order valence-corrected chi connectivity index (χ2v) is 4.63. The predicted octanol–water partition coefficient (Wildman–Crippen LogP) is 2.69. The van der Waals surface area contributed by atoms with Crippen LogP contribution in [-0.4, -0.2) is 17.9 Å². The lowest BCUT2D eigenvalue weighted by molar-refractivity contribution is -0.120. The van der Waals surface area contributed by atoms with Gasteiger partial charge in [-0.1, -0.05) is 29.8 Å². The first kappa shape index (κ1) is 12.0. The Morgan fingerprint density at radius 2 is 1.94 bits per heavy atom. The molecule has 4 heteroatoms. The first-order chi connectivity index (χ1) is 8.02. The molecule has 0 saturated carbocycles. The molecule has 1 aromatic rings. The van der Waals surface area contributed by atoms with Gasteiger partial charge in [-0.15, -0.1) is 0 Å². The molecular formula is C13H15ClN2O. The molecule has 1 heterocycles. The van der Waals surface area contributed by atoms with Crippen LogP contribution in [0, 0.1) is 0 Å². The van der Waals surface area contributed by atoms with E-state index in [0.29, 0.717) is 5.02 Å². The van der Waals surface area contributed by atoms with Gasteiger partial charge in [0.2, 0.25) is 0 Å². The number of allylic oxidation sites excluding steroid dienone is 1. The van der Waals surface area contributed by atoms with Crippen LogP contribution in [0.2, 0.25) is 5.02 Å². The molecule has 90 valence electrons. The van der Waals surface area contributed by atoms with Crippen molar-refractivity contribution < 1.29 is 4.79 Å². The number of carbonyl (C=O) groups excluding carboxylic acids is 1. The zero-order chi connectivity index (χ0) is 12.6. The summed E-state index contributed by atoms with van der Waals surface area (Å²) in [7, 11) is 1.95. The molecule has 1 aliphatic rings. The molecule has 0 aliphatic carbocycles. The SMILES string of the molecule is CC1=C(C)N(C)C(c2ccccc2Cl)NC1=O. The summed E-state index contributed by atoms with van der Waals surface area (Å²) in [6, 6.07) is 7.56. The Balaban J connectivity index is 2.43. The molecule has 1 aromatic carbocycles. The van der Waals surface area contributed by atoms with Crippen LogP contribution in [0.1, 0.15) is 25.6 Å². The minimum atomic E-state index is -0.195. The zero-order valence-electron chi connectivity index (χ0n) is 10.1. The van der Waals surface area contributed by atoms with E-state index in [2.05, 4.69) is 5.32 Å². The number of amides is 1. The van der Waals surface area contributed by atoms with Crippen molar-refractivity contribution in [2.45, 2.75) is 20.0 Å². The van der Waals surface area contributed by atoms with E-state index in [1.807, 2.05) is 50.1 Å². The van der Waals surface area contributed by atoms with E-state index < -0.39 is 0 Å². The smallest absolute Gasteiger partial charge is 0.250 e. The number of nitrogens with one attached hydrogen (secondary N) is 1. The topological polar surface area (TPSA) is 32.3 Å². The van der Waals surface area contributed by atoms with E-state index in [0.717, 1.165) is 16.8 Å². The molecule has 0 bridgehead atoms. The van der Waals surface area contributed by atoms with Crippen molar-refractivity contribution in [3.8, 4) is 0 Å². The summed E-state index contributed by atoms with van der Waals surface area (Å²) >= 11 is 6.16. The van der Waals surface area contributed by atoms with Crippen LogP contribution >= 0.6 is 11.6 Å². The normalized spacial score (nSPS) is 20.6. The van der Waals surface area contributed by atoms with E-state index >= 15 is 0 Å². The maximum Gasteiger partial charge on any atom is 0.250 e. The monoisotopic (exact) mass is 250 g/mol. The highest BCUT2D eigenvalue weighted by Gasteiger charge is 2.28. The van der Waals surface area contributed by atoms with Crippen LogP contribution in [0.15, 0.2) is 35.5 Å². The molecule has 1 atom stereocenters. The van der Waals surface area contributed by atoms with Gasteiger partial charge in [-0.2, -0.15) is 0 Å². The number of nitrogens with zero attached hydrogens (tertiary/aromatic N) is 1. The van der Waals surface area contributed by atoms with Crippen LogP contribution in [0.25, 0.3) is 0 Å². The van der Waals surface area contributed by atoms with E-state index in [-0.39, 0.29) is 12.1 Å². The maximum absolute atomic E-state index is 11.8. The van der Waals surface area contributed by atoms with Gasteiger partial charge in [-0.3, -0.25) is 4.79 Å². The lowest BCUT2D eigenvalue weighted by atomic mass is 10.1. The van der Waals surface area contributed by atoms with E-state index in [9.17, 15) is 4.79 Å². The number of halogens is 1. The fourth-order valence-corrected chi connectivity index (χ4v) is 2.17. The highest BCUT2D eigenvalue weighted by Crippen LogP contribution is 2.30. The number of carbonyl (C=O) groups is 1. The third-order valence-electron chi connectivity index (χ3n) is 3.27. The van der Waals surface area contributed by atoms with Crippen molar-refractivity contribution in [3.05, 3.63) is 46.1 Å². The summed E-state index contributed by atoms with van der Waals surface area (Å²) in [4.78, 5) is 13.8. The van der Waals surface area contributed by atoms with Gasteiger partial charge in [0.1, 0.15) is 6.17 Å². The molecule has 0 radical (unpaired) electrons. The summed E-state index contributed by atoms with van der Waals surface area (Å²) in [5.74, 6) is -0.0366. The van der Waals surface area contributed by atoms with Crippen molar-refractivity contribution in [1.29, 1.82) is 0 Å². The summed E-state index contributed by atoms with van der Waals surface area (Å²) in [6.45, 7) is 3.77. The van der Waals surface area contributed by atoms with Gasteiger partial charge in [0.15, 0.2) is 0 Å². The summed E-state index contributed by atoms with van der Waals surface area (Å²) in [5, 5.41) is 3.61. The van der Waals surface area contributed by atoms with E-state index in [1.165, 1.54) is 0 Å². The van der Waals surface area contributed by atoms with Crippen LogP contribution in [0.5, 0.6) is 0 Å². The second-order valence-electron chi connectivity index (χ2n) is 4.22. The van der Waals surface area contributed by atoms with Gasteiger partial charge < -0.3 is 10.2 Å². The zero-order valence-corrected chi connectivity index (χ0v) is 10.9. The molecule has 1 N–H and O–H groups in total. The molecule has 1 aliphatic heterocycles. The van der Waals surface area contributed by atoms with Gasteiger partial charge in [-0.25, -0.2) is 0 Å². The standard InChI is InChI=1S/C13H15ClN2O/c1-8-9(2)16(3)12(15-13(8)17)10-6-4-5-7-11(10)14/h4-7,12H,1-3H3,(H,15,17). The van der Waals surface area contributed by atoms with Crippen molar-refractivity contribution in [3.63, 3.8) is 0 Å². The summed E-state index contributed by atoms with van der Waals surface area (Å²) in [6.07, 6.45) is -0.195. The van der Waals surface area contributed by atoms with E-state index in [1.54, 1.807) is 0 Å². The lowest BCUT2D eigenvalue weighted by Gasteiger charge is -2.36. The first-order valence-electron chi connectivity index (χ1n) is 5.48. The van der Waals surface area contributed by atoms with Gasteiger partial charge in [-0.05, 0) is 19.9 Å². The van der Waals surface area contributed by atoms with Crippen molar-refractivity contribution in [2.24, 2.45) is 0 Å². The Morgan fingerprint density at radius 1 is 1.29 bits per heavy atom. The Bertz CT molecular complexity index is 496. The highest BCUT2D eigenvalue weighted by atomic mass is 35.5. The molecule has 0 spiro atoms. The molecule has 2 rings (SSSR count). The molecule has 0 aromatic heterocycles. The largest absolute Gasteiger partial charge is 0.354 e. The fraction of sp³-hybridized carbons (Fsp3) is 0.308. The third kappa shape index (κ3) is 2.03. The number of rotatable bonds is 1. The van der Waals surface area contributed by atoms with Crippen LogP contribution in [-0.2, 0) is 4.79 Å². The Morgan fingerprint density at radius 3 is 2.59 bits per heavy atom. The average Bonchev–Trinajstić information content (AvgIpc) is 2.32. The molecule has 0 saturated heterocycles. The number of benzene rings is 1. The minimum absolute atomic E-state index is 0.0366. The average molecular weight is 251 g/mol. The minimum Gasteiger partial charge on any atom is -0.354 e. The fourth-order valence-electron chi connectivity index (χ4n) is 1.93. The lowest BCUT2D eigenvalue weighted by Crippen LogP contribution is -2.44. The van der Waals surface area contributed by atoms with Crippen molar-refractivity contribution >= 4 is 17.5 Å². The highest BCUT2D eigenvalue weighted by molar-refractivity contribution is 6.31. The molecule has 1 amide bonds. The molecule has 0 fully saturated rings. The van der Waals surface area contributed by atoms with Gasteiger partial charge in [0.05, 0.1) is 0 Å². The summed E-state index contributed by atoms with van der Waals surface area (Å²) in [5.41, 5.74) is 2.63. The van der Waals surface area contributed by atoms with Crippen LogP contribution < -0.4 is 5.32 Å². The van der Waals surface area contributed by atoms with Gasteiger partial charge in [0.25, 0.3) is 5.91 Å². The predicted molar refractivity (Wildman–Crippen MR) is 68.5 cm³/mol. The van der Waals surface area contributed by atoms with Crippen LogP contribution in [0.3, 0.4) is 0 Å². The van der Waals surface area contributed by atoms with Crippen molar-refractivity contribution in [1.82, 2.24) is 10.2 Å². The quantitative estimate of drug-likeness (QED) is 0.831. The maximum atomic E-state index is 11.8. The third-order valence-corrected chi connectivity index (χ3v) is 3.61. The van der Waals surface area contributed by atoms with Crippen LogP contribution in [0.4, 0.5) is 0 Å². The number of hydrogen-bond donors (Lipinski definition) is 1.